The fourth-order valence-corrected chi connectivity index (χ4v) is 9.08. The SMILES string of the molecule is C[C@]12CC[C@@](O)(CN3CC3)C[C@@H]1CC[C@@H]1[C@H]2CC[C@@]2(C)[C@@H]1CC[C@@]2(O)CN1CC1. The van der Waals surface area contributed by atoms with E-state index < -0.39 is 11.2 Å². The van der Waals surface area contributed by atoms with Crippen LogP contribution in [0.15, 0.2) is 0 Å². The van der Waals surface area contributed by atoms with Crippen LogP contribution in [-0.2, 0) is 0 Å². The quantitative estimate of drug-likeness (QED) is 0.710. The number of aliphatic hydroxyl groups is 2. The van der Waals surface area contributed by atoms with E-state index >= 15 is 0 Å². The topological polar surface area (TPSA) is 46.5 Å². The molecule has 0 aromatic heterocycles. The highest BCUT2D eigenvalue weighted by Gasteiger charge is 2.65. The molecule has 2 heterocycles. The number of rotatable bonds is 4. The first-order chi connectivity index (χ1) is 13.7. The van der Waals surface area contributed by atoms with Gasteiger partial charge in [-0.2, -0.15) is 0 Å². The summed E-state index contributed by atoms with van der Waals surface area (Å²) in [5.41, 5.74) is -0.351. The number of nitrogens with zero attached hydrogens (tertiary/aromatic N) is 2. The van der Waals surface area contributed by atoms with Crippen LogP contribution in [0, 0.1) is 34.5 Å². The average molecular weight is 403 g/mol. The summed E-state index contributed by atoms with van der Waals surface area (Å²) in [6.07, 6.45) is 10.7. The molecule has 6 rings (SSSR count). The molecule has 4 nitrogen and oxygen atoms in total. The lowest BCUT2D eigenvalue weighted by atomic mass is 9.43. The molecule has 0 amide bonds. The molecule has 6 aliphatic rings. The molecule has 0 spiro atoms. The number of hydrogen-bond donors (Lipinski definition) is 2. The highest BCUT2D eigenvalue weighted by molar-refractivity contribution is 5.16. The van der Waals surface area contributed by atoms with Crippen LogP contribution in [0.1, 0.15) is 71.6 Å². The summed E-state index contributed by atoms with van der Waals surface area (Å²) >= 11 is 0. The first-order valence-electron chi connectivity index (χ1n) is 12.6. The van der Waals surface area contributed by atoms with Gasteiger partial charge in [-0.05, 0) is 86.9 Å². The van der Waals surface area contributed by atoms with Crippen molar-refractivity contribution in [3.8, 4) is 0 Å². The van der Waals surface area contributed by atoms with Gasteiger partial charge in [0.15, 0.2) is 0 Å². The first-order valence-corrected chi connectivity index (χ1v) is 12.6. The van der Waals surface area contributed by atoms with E-state index in [2.05, 4.69) is 23.6 Å². The van der Waals surface area contributed by atoms with Crippen LogP contribution in [0.2, 0.25) is 0 Å². The summed E-state index contributed by atoms with van der Waals surface area (Å²) in [5, 5.41) is 23.0. The van der Waals surface area contributed by atoms with E-state index in [1.807, 2.05) is 0 Å². The van der Waals surface area contributed by atoms with Crippen LogP contribution in [0.4, 0.5) is 0 Å². The Morgan fingerprint density at radius 1 is 0.759 bits per heavy atom. The Morgan fingerprint density at radius 2 is 1.45 bits per heavy atom. The van der Waals surface area contributed by atoms with Gasteiger partial charge in [0.2, 0.25) is 0 Å². The van der Waals surface area contributed by atoms with E-state index in [1.165, 1.54) is 64.7 Å². The van der Waals surface area contributed by atoms with Gasteiger partial charge in [0, 0.05) is 44.7 Å². The molecule has 0 aromatic rings. The largest absolute Gasteiger partial charge is 0.389 e. The third-order valence-corrected chi connectivity index (χ3v) is 11.2. The van der Waals surface area contributed by atoms with Gasteiger partial charge in [0.1, 0.15) is 0 Å². The summed E-state index contributed by atoms with van der Waals surface area (Å²) in [5.74, 6) is 3.03. The maximum Gasteiger partial charge on any atom is 0.0830 e. The average Bonchev–Trinajstić information content (AvgIpc) is 3.59. The Kier molecular flexibility index (Phi) is 4.18. The van der Waals surface area contributed by atoms with Crippen molar-refractivity contribution >= 4 is 0 Å². The number of fused-ring (bicyclic) bond motifs is 5. The number of hydrogen-bond acceptors (Lipinski definition) is 4. The normalized spacial score (nSPS) is 57.1. The Hall–Kier alpha value is -0.160. The second-order valence-electron chi connectivity index (χ2n) is 12.7. The minimum atomic E-state index is -0.456. The van der Waals surface area contributed by atoms with Gasteiger partial charge >= 0.3 is 0 Å². The molecule has 0 aromatic carbocycles. The molecule has 29 heavy (non-hydrogen) atoms. The molecule has 4 heteroatoms. The molecule has 8 atom stereocenters. The lowest BCUT2D eigenvalue weighted by Gasteiger charge is -2.62. The zero-order valence-corrected chi connectivity index (χ0v) is 18.7. The van der Waals surface area contributed by atoms with Gasteiger partial charge in [-0.3, -0.25) is 9.80 Å². The lowest BCUT2D eigenvalue weighted by Crippen LogP contribution is -2.59. The lowest BCUT2D eigenvalue weighted by molar-refractivity contribution is -0.172. The minimum absolute atomic E-state index is 0.120. The monoisotopic (exact) mass is 402 g/mol. The Bertz CT molecular complexity index is 678. The zero-order valence-electron chi connectivity index (χ0n) is 18.7. The van der Waals surface area contributed by atoms with Crippen molar-refractivity contribution in [1.29, 1.82) is 0 Å². The van der Waals surface area contributed by atoms with Crippen molar-refractivity contribution in [3.05, 3.63) is 0 Å². The first kappa shape index (κ1) is 19.5. The highest BCUT2D eigenvalue weighted by atomic mass is 16.3. The van der Waals surface area contributed by atoms with Crippen molar-refractivity contribution in [2.24, 2.45) is 34.5 Å². The summed E-state index contributed by atoms with van der Waals surface area (Å²) in [6.45, 7) is 11.6. The Balaban J connectivity index is 1.22. The fourth-order valence-electron chi connectivity index (χ4n) is 9.08. The second-order valence-corrected chi connectivity index (χ2v) is 12.7. The van der Waals surface area contributed by atoms with E-state index in [1.54, 1.807) is 0 Å². The van der Waals surface area contributed by atoms with Crippen LogP contribution >= 0.6 is 0 Å². The third-order valence-electron chi connectivity index (χ3n) is 11.2. The maximum absolute atomic E-state index is 11.7. The van der Waals surface area contributed by atoms with E-state index in [0.29, 0.717) is 17.3 Å². The van der Waals surface area contributed by atoms with E-state index in [4.69, 9.17) is 0 Å². The van der Waals surface area contributed by atoms with Crippen molar-refractivity contribution in [2.75, 3.05) is 39.3 Å². The van der Waals surface area contributed by atoms with Gasteiger partial charge in [0.25, 0.3) is 0 Å². The summed E-state index contributed by atoms with van der Waals surface area (Å²) in [7, 11) is 0. The van der Waals surface area contributed by atoms with E-state index in [9.17, 15) is 10.2 Å². The van der Waals surface area contributed by atoms with Gasteiger partial charge in [-0.1, -0.05) is 13.8 Å². The van der Waals surface area contributed by atoms with Crippen molar-refractivity contribution < 1.29 is 10.2 Å². The van der Waals surface area contributed by atoms with Crippen LogP contribution < -0.4 is 0 Å². The van der Waals surface area contributed by atoms with E-state index in [0.717, 1.165) is 44.2 Å². The Morgan fingerprint density at radius 3 is 2.17 bits per heavy atom. The van der Waals surface area contributed by atoms with Gasteiger partial charge < -0.3 is 10.2 Å². The third kappa shape index (κ3) is 2.92. The Labute approximate surface area is 177 Å². The molecule has 6 fully saturated rings. The minimum Gasteiger partial charge on any atom is -0.389 e. The zero-order chi connectivity index (χ0) is 20.1. The summed E-state index contributed by atoms with van der Waals surface area (Å²) in [6, 6.07) is 0. The van der Waals surface area contributed by atoms with Crippen LogP contribution in [0.25, 0.3) is 0 Å². The molecular formula is C25H42N2O2. The molecule has 0 unspecified atom stereocenters. The van der Waals surface area contributed by atoms with Crippen molar-refractivity contribution in [1.82, 2.24) is 9.80 Å². The molecule has 4 saturated carbocycles. The van der Waals surface area contributed by atoms with E-state index in [-0.39, 0.29) is 5.41 Å². The molecule has 2 aliphatic heterocycles. The van der Waals surface area contributed by atoms with Crippen molar-refractivity contribution in [3.63, 3.8) is 0 Å². The summed E-state index contributed by atoms with van der Waals surface area (Å²) < 4.78 is 0. The van der Waals surface area contributed by atoms with Gasteiger partial charge in [-0.25, -0.2) is 0 Å². The van der Waals surface area contributed by atoms with Gasteiger partial charge in [0.05, 0.1) is 11.2 Å². The van der Waals surface area contributed by atoms with Gasteiger partial charge in [-0.15, -0.1) is 0 Å². The van der Waals surface area contributed by atoms with Crippen LogP contribution in [-0.4, -0.2) is 70.5 Å². The molecule has 4 aliphatic carbocycles. The number of β-amino-alcohol motifs (C(OH)–C–C–N with tert-alkyl or cyclic N) is 2. The molecule has 0 radical (unpaired) electrons. The molecular weight excluding hydrogens is 360 g/mol. The highest BCUT2D eigenvalue weighted by Crippen LogP contribution is 2.68. The smallest absolute Gasteiger partial charge is 0.0830 e. The predicted octanol–water partition coefficient (Wildman–Crippen LogP) is 3.12. The van der Waals surface area contributed by atoms with Crippen molar-refractivity contribution in [2.45, 2.75) is 82.8 Å². The van der Waals surface area contributed by atoms with Crippen LogP contribution in [0.3, 0.4) is 0 Å². The standard InChI is InChI=1S/C25H42N2O2/c1-22-9-10-24(28,16-26-11-12-26)15-18(22)3-4-19-20(22)5-7-23(2)21(19)6-8-25(23,29)17-27-13-14-27/h18-21,28-29H,3-17H2,1-2H3/t18-,19+,20+,21+,22-,23-,24-,25+/m0/s1. The summed E-state index contributed by atoms with van der Waals surface area (Å²) in [4.78, 5) is 4.85. The maximum atomic E-state index is 11.7. The fraction of sp³-hybridized carbons (Fsp3) is 1.00. The van der Waals surface area contributed by atoms with Crippen LogP contribution in [0.5, 0.6) is 0 Å². The molecule has 2 N–H and O–H groups in total. The predicted molar refractivity (Wildman–Crippen MR) is 115 cm³/mol. The molecule has 2 saturated heterocycles. The second kappa shape index (κ2) is 6.21. The molecule has 0 bridgehead atoms. The molecule has 164 valence electrons.